The molecule has 24 heavy (non-hydrogen) atoms. The maximum absolute atomic E-state index is 9.59. The molecular weight excluding hydrogens is 308 g/mol. The van der Waals surface area contributed by atoms with E-state index in [1.807, 2.05) is 12.1 Å². The molecule has 0 amide bonds. The van der Waals surface area contributed by atoms with Crippen LogP contribution in [0.25, 0.3) is 11.4 Å². The quantitative estimate of drug-likeness (QED) is 0.837. The maximum atomic E-state index is 9.59. The van der Waals surface area contributed by atoms with Gasteiger partial charge in [0.2, 0.25) is 11.7 Å². The molecule has 1 saturated heterocycles. The molecular formula is C17H22N4O3. The minimum atomic E-state index is 0.207. The van der Waals surface area contributed by atoms with E-state index in [2.05, 4.69) is 20.0 Å². The Labute approximate surface area is 140 Å². The summed E-state index contributed by atoms with van der Waals surface area (Å²) in [5, 5.41) is 23.2. The molecule has 128 valence electrons. The summed E-state index contributed by atoms with van der Waals surface area (Å²) < 4.78 is 5.39. The summed E-state index contributed by atoms with van der Waals surface area (Å²) in [6, 6.07) is 3.71. The second-order valence-corrected chi connectivity index (χ2v) is 6.89. The molecule has 2 aromatic rings. The number of nitrogens with zero attached hydrogens (tertiary/aromatic N) is 4. The van der Waals surface area contributed by atoms with E-state index in [0.29, 0.717) is 41.9 Å². The van der Waals surface area contributed by atoms with E-state index < -0.39 is 0 Å². The number of hydrogen-bond acceptors (Lipinski definition) is 7. The maximum Gasteiger partial charge on any atom is 0.241 e. The Balaban J connectivity index is 1.43. The van der Waals surface area contributed by atoms with Gasteiger partial charge >= 0.3 is 0 Å². The first-order chi connectivity index (χ1) is 11.8. The summed E-state index contributed by atoms with van der Waals surface area (Å²) in [5.74, 6) is 2.68. The van der Waals surface area contributed by atoms with Crippen LogP contribution in [0.4, 0.5) is 0 Å². The molecule has 0 aromatic carbocycles. The van der Waals surface area contributed by atoms with E-state index in [0.717, 1.165) is 25.1 Å². The summed E-state index contributed by atoms with van der Waals surface area (Å²) in [4.78, 5) is 10.8. The fourth-order valence-electron chi connectivity index (χ4n) is 4.35. The van der Waals surface area contributed by atoms with Crippen LogP contribution in [0.3, 0.4) is 0 Å². The van der Waals surface area contributed by atoms with E-state index >= 15 is 0 Å². The zero-order valence-electron chi connectivity index (χ0n) is 13.5. The van der Waals surface area contributed by atoms with Gasteiger partial charge in [-0.25, -0.2) is 0 Å². The average molecular weight is 330 g/mol. The van der Waals surface area contributed by atoms with Gasteiger partial charge in [-0.15, -0.1) is 0 Å². The van der Waals surface area contributed by atoms with Gasteiger partial charge in [0, 0.05) is 44.3 Å². The minimum absolute atomic E-state index is 0.207. The second kappa shape index (κ2) is 6.58. The molecule has 2 aromatic heterocycles. The lowest BCUT2D eigenvalue weighted by atomic mass is 9.91. The Morgan fingerprint density at radius 3 is 2.38 bits per heavy atom. The molecule has 1 aliphatic heterocycles. The van der Waals surface area contributed by atoms with Gasteiger partial charge in [-0.2, -0.15) is 4.98 Å². The molecule has 1 saturated carbocycles. The summed E-state index contributed by atoms with van der Waals surface area (Å²) >= 11 is 0. The zero-order valence-corrected chi connectivity index (χ0v) is 13.5. The van der Waals surface area contributed by atoms with Gasteiger partial charge in [-0.05, 0) is 42.2 Å². The Kier molecular flexibility index (Phi) is 4.30. The number of aliphatic hydroxyl groups excluding tert-OH is 2. The Morgan fingerprint density at radius 2 is 1.75 bits per heavy atom. The van der Waals surface area contributed by atoms with Crippen molar-refractivity contribution in [1.82, 2.24) is 20.0 Å². The van der Waals surface area contributed by atoms with Crippen LogP contribution < -0.4 is 0 Å². The van der Waals surface area contributed by atoms with Crippen LogP contribution in [0, 0.1) is 23.7 Å². The standard InChI is InChI=1S/C17H22N4O3/c22-9-12-5-13(10-23)15-7-21(6-14(12)15)8-16-19-17(20-24-16)11-1-3-18-4-2-11/h1-4,12-15,22-23H,5-10H2/t12-,13+,14+,15-. The number of hydrogen-bond donors (Lipinski definition) is 2. The lowest BCUT2D eigenvalue weighted by molar-refractivity contribution is 0.163. The number of likely N-dealkylation sites (tertiary alicyclic amines) is 1. The zero-order chi connectivity index (χ0) is 16.5. The summed E-state index contributed by atoms with van der Waals surface area (Å²) in [6.07, 6.45) is 4.34. The van der Waals surface area contributed by atoms with Crippen LogP contribution in [0.1, 0.15) is 12.3 Å². The molecule has 0 bridgehead atoms. The highest BCUT2D eigenvalue weighted by Gasteiger charge is 2.47. The van der Waals surface area contributed by atoms with E-state index in [-0.39, 0.29) is 13.2 Å². The van der Waals surface area contributed by atoms with Crippen molar-refractivity contribution < 1.29 is 14.7 Å². The highest BCUT2D eigenvalue weighted by molar-refractivity contribution is 5.52. The summed E-state index contributed by atoms with van der Waals surface area (Å²) in [6.45, 7) is 2.86. The van der Waals surface area contributed by atoms with Crippen LogP contribution in [-0.2, 0) is 6.54 Å². The Hall–Kier alpha value is -1.83. The van der Waals surface area contributed by atoms with Crippen molar-refractivity contribution >= 4 is 0 Å². The first-order valence-electron chi connectivity index (χ1n) is 8.45. The van der Waals surface area contributed by atoms with Crippen molar-refractivity contribution in [2.75, 3.05) is 26.3 Å². The molecule has 0 radical (unpaired) electrons. The number of aliphatic hydroxyl groups is 2. The highest BCUT2D eigenvalue weighted by atomic mass is 16.5. The third-order valence-electron chi connectivity index (χ3n) is 5.54. The SMILES string of the molecule is OC[C@@H]1C[C@H](CO)[C@@H]2CN(Cc3nc(-c4ccncc4)no3)C[C@H]12. The number of fused-ring (bicyclic) bond motifs is 1. The Bertz CT molecular complexity index is 659. The van der Waals surface area contributed by atoms with Crippen molar-refractivity contribution in [2.45, 2.75) is 13.0 Å². The van der Waals surface area contributed by atoms with Crippen LogP contribution in [0.5, 0.6) is 0 Å². The van der Waals surface area contributed by atoms with Crippen molar-refractivity contribution in [2.24, 2.45) is 23.7 Å². The lowest BCUT2D eigenvalue weighted by Crippen LogP contribution is -2.25. The van der Waals surface area contributed by atoms with Gasteiger partial charge in [0.25, 0.3) is 0 Å². The smallest absolute Gasteiger partial charge is 0.241 e. The normalized spacial score (nSPS) is 29.9. The molecule has 4 rings (SSSR count). The first kappa shape index (κ1) is 15.7. The van der Waals surface area contributed by atoms with Crippen molar-refractivity contribution in [3.8, 4) is 11.4 Å². The van der Waals surface area contributed by atoms with Gasteiger partial charge in [-0.1, -0.05) is 5.16 Å². The van der Waals surface area contributed by atoms with Crippen LogP contribution in [-0.4, -0.2) is 56.5 Å². The van der Waals surface area contributed by atoms with Gasteiger partial charge in [-0.3, -0.25) is 9.88 Å². The van der Waals surface area contributed by atoms with Gasteiger partial charge < -0.3 is 14.7 Å². The van der Waals surface area contributed by atoms with Crippen molar-refractivity contribution in [3.05, 3.63) is 30.4 Å². The van der Waals surface area contributed by atoms with Crippen molar-refractivity contribution in [3.63, 3.8) is 0 Å². The molecule has 0 spiro atoms. The predicted molar refractivity (Wildman–Crippen MR) is 85.6 cm³/mol. The third-order valence-corrected chi connectivity index (χ3v) is 5.54. The van der Waals surface area contributed by atoms with Crippen molar-refractivity contribution in [1.29, 1.82) is 0 Å². The summed E-state index contributed by atoms with van der Waals surface area (Å²) in [7, 11) is 0. The largest absolute Gasteiger partial charge is 0.396 e. The lowest BCUT2D eigenvalue weighted by Gasteiger charge is -2.18. The molecule has 0 unspecified atom stereocenters. The molecule has 2 aliphatic rings. The molecule has 2 N–H and O–H groups in total. The van der Waals surface area contributed by atoms with E-state index in [1.165, 1.54) is 0 Å². The Morgan fingerprint density at radius 1 is 1.08 bits per heavy atom. The van der Waals surface area contributed by atoms with Crippen LogP contribution in [0.15, 0.2) is 29.0 Å². The predicted octanol–water partition coefficient (Wildman–Crippen LogP) is 0.800. The van der Waals surface area contributed by atoms with Crippen LogP contribution >= 0.6 is 0 Å². The van der Waals surface area contributed by atoms with E-state index in [4.69, 9.17) is 4.52 Å². The van der Waals surface area contributed by atoms with E-state index in [9.17, 15) is 10.2 Å². The molecule has 7 nitrogen and oxygen atoms in total. The fraction of sp³-hybridized carbons (Fsp3) is 0.588. The number of rotatable bonds is 5. The monoisotopic (exact) mass is 330 g/mol. The number of aromatic nitrogens is 3. The third kappa shape index (κ3) is 2.83. The van der Waals surface area contributed by atoms with Crippen LogP contribution in [0.2, 0.25) is 0 Å². The van der Waals surface area contributed by atoms with Gasteiger partial charge in [0.15, 0.2) is 0 Å². The summed E-state index contributed by atoms with van der Waals surface area (Å²) in [5.41, 5.74) is 0.888. The molecule has 7 heteroatoms. The van der Waals surface area contributed by atoms with Gasteiger partial charge in [0.05, 0.1) is 6.54 Å². The molecule has 2 fully saturated rings. The average Bonchev–Trinajstić information content (AvgIpc) is 3.31. The number of pyridine rings is 1. The molecule has 3 heterocycles. The minimum Gasteiger partial charge on any atom is -0.396 e. The second-order valence-electron chi connectivity index (χ2n) is 6.89. The van der Waals surface area contributed by atoms with Gasteiger partial charge in [0.1, 0.15) is 0 Å². The molecule has 1 aliphatic carbocycles. The van der Waals surface area contributed by atoms with E-state index in [1.54, 1.807) is 12.4 Å². The molecule has 4 atom stereocenters. The topological polar surface area (TPSA) is 95.5 Å². The highest BCUT2D eigenvalue weighted by Crippen LogP contribution is 2.46. The first-order valence-corrected chi connectivity index (χ1v) is 8.45. The fourth-order valence-corrected chi connectivity index (χ4v) is 4.35.